The molecule has 3 N–H and O–H groups in total. The fraction of sp³-hybridized carbons (Fsp3) is 0.560. The van der Waals surface area contributed by atoms with Crippen LogP contribution in [0.25, 0.3) is 0 Å². The molecule has 1 aromatic carbocycles. The van der Waals surface area contributed by atoms with Crippen LogP contribution >= 0.6 is 15.9 Å². The van der Waals surface area contributed by atoms with Crippen LogP contribution in [0.3, 0.4) is 0 Å². The predicted molar refractivity (Wildman–Crippen MR) is 146 cm³/mol. The van der Waals surface area contributed by atoms with Gasteiger partial charge in [0.2, 0.25) is 5.91 Å². The van der Waals surface area contributed by atoms with Crippen molar-refractivity contribution in [2.45, 2.75) is 61.9 Å². The molecule has 0 unspecified atom stereocenters. The van der Waals surface area contributed by atoms with Crippen molar-refractivity contribution >= 4 is 51.4 Å². The van der Waals surface area contributed by atoms with E-state index >= 15 is 0 Å². The molecular formula is C25H43BrN2O9. The maximum atomic E-state index is 11.0. The largest absolute Gasteiger partial charge is 0.466 e. The summed E-state index contributed by atoms with van der Waals surface area (Å²) >= 11 is 3.07. The van der Waals surface area contributed by atoms with E-state index < -0.39 is 0 Å². The number of carbonyl (C=O) groups is 5. The number of halogens is 1. The number of hydrogen-bond donors (Lipinski definition) is 2. The van der Waals surface area contributed by atoms with Crippen LogP contribution in [0, 0.1) is 0 Å². The van der Waals surface area contributed by atoms with Crippen LogP contribution < -0.4 is 11.1 Å². The monoisotopic (exact) mass is 594 g/mol. The fourth-order valence-corrected chi connectivity index (χ4v) is 1.87. The van der Waals surface area contributed by atoms with Crippen LogP contribution in [0.5, 0.6) is 0 Å². The zero-order valence-corrected chi connectivity index (χ0v) is 24.8. The Kier molecular flexibility index (Phi) is 34.5. The van der Waals surface area contributed by atoms with Gasteiger partial charge in [-0.3, -0.25) is 24.0 Å². The summed E-state index contributed by atoms with van der Waals surface area (Å²) in [4.78, 5) is 50.2. The Bertz CT molecular complexity index is 678. The average molecular weight is 596 g/mol. The number of ether oxygens (including phenoxy) is 4. The standard InChI is InChI=1S/C9H11BrN2O.4C4H8O2/c10-5-9(13)12-8-3-1-7(6-11)2-4-8;4*1-3-6-4(2)5/h1-4H,5-6,11H2,(H,12,13);4*3H2,1-2H3. The van der Waals surface area contributed by atoms with Gasteiger partial charge in [0.25, 0.3) is 0 Å². The molecule has 0 saturated heterocycles. The molecule has 0 aliphatic rings. The topological polar surface area (TPSA) is 160 Å². The Labute approximate surface area is 228 Å². The summed E-state index contributed by atoms with van der Waals surface area (Å²) in [5, 5.41) is 3.03. The molecule has 0 saturated carbocycles. The Morgan fingerprint density at radius 3 is 1.14 bits per heavy atom. The van der Waals surface area contributed by atoms with E-state index in [2.05, 4.69) is 40.2 Å². The molecule has 0 atom stereocenters. The number of amides is 1. The van der Waals surface area contributed by atoms with E-state index in [1.54, 1.807) is 27.7 Å². The van der Waals surface area contributed by atoms with Gasteiger partial charge in [-0.05, 0) is 45.4 Å². The summed E-state index contributed by atoms with van der Waals surface area (Å²) in [6.45, 7) is 15.1. The zero-order chi connectivity index (χ0) is 29.6. The number of benzene rings is 1. The van der Waals surface area contributed by atoms with Crippen molar-refractivity contribution in [2.75, 3.05) is 37.1 Å². The molecule has 1 aromatic rings. The first-order chi connectivity index (χ1) is 17.3. The van der Waals surface area contributed by atoms with Gasteiger partial charge in [0.05, 0.1) is 31.8 Å². The van der Waals surface area contributed by atoms with Crippen molar-refractivity contribution in [1.82, 2.24) is 0 Å². The highest BCUT2D eigenvalue weighted by Crippen LogP contribution is 2.08. The highest BCUT2D eigenvalue weighted by molar-refractivity contribution is 9.09. The molecular weight excluding hydrogens is 552 g/mol. The number of anilines is 1. The zero-order valence-electron chi connectivity index (χ0n) is 23.2. The van der Waals surface area contributed by atoms with Crippen molar-refractivity contribution in [3.8, 4) is 0 Å². The highest BCUT2D eigenvalue weighted by Gasteiger charge is 1.98. The normalized spacial score (nSPS) is 8.38. The van der Waals surface area contributed by atoms with Crippen molar-refractivity contribution in [3.05, 3.63) is 29.8 Å². The van der Waals surface area contributed by atoms with E-state index in [0.29, 0.717) is 38.3 Å². The van der Waals surface area contributed by atoms with Crippen LogP contribution in [0.4, 0.5) is 5.69 Å². The van der Waals surface area contributed by atoms with E-state index in [1.165, 1.54) is 27.7 Å². The molecule has 1 amide bonds. The summed E-state index contributed by atoms with van der Waals surface area (Å²) in [7, 11) is 0. The highest BCUT2D eigenvalue weighted by atomic mass is 79.9. The number of hydrogen-bond acceptors (Lipinski definition) is 10. The van der Waals surface area contributed by atoms with Crippen LogP contribution in [0.15, 0.2) is 24.3 Å². The maximum absolute atomic E-state index is 11.0. The van der Waals surface area contributed by atoms with Crippen LogP contribution in [-0.4, -0.2) is 61.5 Å². The first-order valence-corrected chi connectivity index (χ1v) is 12.6. The summed E-state index contributed by atoms with van der Waals surface area (Å²) in [6.07, 6.45) is 0. The van der Waals surface area contributed by atoms with Gasteiger partial charge in [-0.15, -0.1) is 0 Å². The smallest absolute Gasteiger partial charge is 0.302 e. The SMILES string of the molecule is CCOC(C)=O.CCOC(C)=O.CCOC(C)=O.CCOC(C)=O.NCc1ccc(NC(=O)CBr)cc1. The lowest BCUT2D eigenvalue weighted by Gasteiger charge is -2.03. The van der Waals surface area contributed by atoms with Gasteiger partial charge in [-0.2, -0.15) is 0 Å². The minimum atomic E-state index is -0.211. The summed E-state index contributed by atoms with van der Waals surface area (Å²) in [5.74, 6) is -0.898. The third-order valence-corrected chi connectivity index (χ3v) is 3.49. The van der Waals surface area contributed by atoms with Crippen LogP contribution in [0.2, 0.25) is 0 Å². The third kappa shape index (κ3) is 43.5. The van der Waals surface area contributed by atoms with Gasteiger partial charge in [0, 0.05) is 39.9 Å². The molecule has 0 heterocycles. The number of alkyl halides is 1. The summed E-state index contributed by atoms with van der Waals surface area (Å²) in [5.41, 5.74) is 7.28. The maximum Gasteiger partial charge on any atom is 0.302 e. The fourth-order valence-electron chi connectivity index (χ4n) is 1.73. The number of esters is 4. The molecule has 0 aliphatic heterocycles. The predicted octanol–water partition coefficient (Wildman–Crippen LogP) is 3.76. The van der Waals surface area contributed by atoms with Gasteiger partial charge in [-0.25, -0.2) is 0 Å². The number of nitrogens with two attached hydrogens (primary N) is 1. The van der Waals surface area contributed by atoms with Gasteiger partial charge in [-0.1, -0.05) is 28.1 Å². The molecule has 0 radical (unpaired) electrons. The van der Waals surface area contributed by atoms with E-state index in [4.69, 9.17) is 5.73 Å². The lowest BCUT2D eigenvalue weighted by Crippen LogP contribution is -2.12. The van der Waals surface area contributed by atoms with Crippen LogP contribution in [0.1, 0.15) is 61.0 Å². The number of rotatable bonds is 7. The summed E-state index contributed by atoms with van der Waals surface area (Å²) < 4.78 is 17.6. The van der Waals surface area contributed by atoms with Gasteiger partial charge >= 0.3 is 23.9 Å². The molecule has 0 aliphatic carbocycles. The lowest BCUT2D eigenvalue weighted by atomic mass is 10.2. The first kappa shape index (κ1) is 41.1. The third-order valence-electron chi connectivity index (χ3n) is 2.99. The minimum absolute atomic E-state index is 0.0551. The van der Waals surface area contributed by atoms with Crippen LogP contribution in [-0.2, 0) is 49.5 Å². The second-order valence-corrected chi connectivity index (χ2v) is 6.84. The van der Waals surface area contributed by atoms with Gasteiger partial charge in [0.15, 0.2) is 0 Å². The Morgan fingerprint density at radius 1 is 0.676 bits per heavy atom. The van der Waals surface area contributed by atoms with E-state index in [0.717, 1.165) is 11.3 Å². The molecule has 37 heavy (non-hydrogen) atoms. The minimum Gasteiger partial charge on any atom is -0.466 e. The van der Waals surface area contributed by atoms with Gasteiger partial charge < -0.3 is 30.0 Å². The second-order valence-electron chi connectivity index (χ2n) is 6.28. The molecule has 0 fully saturated rings. The molecule has 0 bridgehead atoms. The second kappa shape index (κ2) is 31.0. The Hall–Kier alpha value is -2.99. The van der Waals surface area contributed by atoms with Crippen molar-refractivity contribution in [3.63, 3.8) is 0 Å². The molecule has 214 valence electrons. The molecule has 12 heteroatoms. The molecule has 0 spiro atoms. The quantitative estimate of drug-likeness (QED) is 0.270. The number of carbonyl (C=O) groups excluding carboxylic acids is 5. The average Bonchev–Trinajstić information content (AvgIpc) is 2.81. The van der Waals surface area contributed by atoms with E-state index in [1.807, 2.05) is 24.3 Å². The lowest BCUT2D eigenvalue weighted by molar-refractivity contribution is -0.141. The van der Waals surface area contributed by atoms with Gasteiger partial charge in [0.1, 0.15) is 0 Å². The molecule has 1 rings (SSSR count). The van der Waals surface area contributed by atoms with Crippen molar-refractivity contribution in [2.24, 2.45) is 5.73 Å². The molecule has 11 nitrogen and oxygen atoms in total. The summed E-state index contributed by atoms with van der Waals surface area (Å²) in [6, 6.07) is 7.46. The van der Waals surface area contributed by atoms with E-state index in [-0.39, 0.29) is 29.8 Å². The molecule has 0 aromatic heterocycles. The van der Waals surface area contributed by atoms with Crippen molar-refractivity contribution in [1.29, 1.82) is 0 Å². The van der Waals surface area contributed by atoms with Crippen molar-refractivity contribution < 1.29 is 42.9 Å². The first-order valence-electron chi connectivity index (χ1n) is 11.5. The number of nitrogens with one attached hydrogen (secondary N) is 1. The van der Waals surface area contributed by atoms with E-state index in [9.17, 15) is 24.0 Å². The Balaban J connectivity index is -0.000000196. The Morgan fingerprint density at radius 2 is 0.973 bits per heavy atom.